The summed E-state index contributed by atoms with van der Waals surface area (Å²) in [7, 11) is 1.78. The Kier molecular flexibility index (Phi) is 2.96. The molecule has 1 aliphatic carbocycles. The molecule has 0 aromatic carbocycles. The van der Waals surface area contributed by atoms with E-state index in [1.807, 2.05) is 0 Å². The van der Waals surface area contributed by atoms with Crippen LogP contribution in [-0.2, 0) is 7.05 Å². The van der Waals surface area contributed by atoms with Crippen LogP contribution in [-0.4, -0.2) is 33.9 Å². The third-order valence-electron chi connectivity index (χ3n) is 3.17. The van der Waals surface area contributed by atoms with Crippen molar-refractivity contribution in [2.45, 2.75) is 19.3 Å². The molecule has 0 radical (unpaired) electrons. The smallest absolute Gasteiger partial charge is 0.271 e. The van der Waals surface area contributed by atoms with Crippen molar-refractivity contribution in [2.75, 3.05) is 13.2 Å². The molecule has 0 spiro atoms. The minimum absolute atomic E-state index is 0.134. The van der Waals surface area contributed by atoms with E-state index >= 15 is 0 Å². The minimum atomic E-state index is -0.134. The van der Waals surface area contributed by atoms with Crippen LogP contribution in [0.4, 0.5) is 0 Å². The normalized spacial score (nSPS) is 17.1. The lowest BCUT2D eigenvalue weighted by Gasteiger charge is -2.13. The van der Waals surface area contributed by atoms with Gasteiger partial charge in [0.15, 0.2) is 0 Å². The maximum absolute atomic E-state index is 11.7. The van der Waals surface area contributed by atoms with Gasteiger partial charge in [0.1, 0.15) is 5.69 Å². The molecule has 5 heteroatoms. The quantitative estimate of drug-likeness (QED) is 0.755. The highest BCUT2D eigenvalue weighted by Gasteiger charge is 2.41. The van der Waals surface area contributed by atoms with E-state index < -0.39 is 0 Å². The number of hydrogen-bond donors (Lipinski definition) is 2. The zero-order chi connectivity index (χ0) is 11.6. The Labute approximate surface area is 94.5 Å². The summed E-state index contributed by atoms with van der Waals surface area (Å²) in [5.41, 5.74) is 0.599. The van der Waals surface area contributed by atoms with Crippen LogP contribution in [0.2, 0.25) is 0 Å². The first-order valence-electron chi connectivity index (χ1n) is 5.54. The predicted octanol–water partition coefficient (Wildman–Crippen LogP) is 0.312. The highest BCUT2D eigenvalue weighted by Crippen LogP contribution is 2.47. The molecule has 0 atom stereocenters. The molecule has 0 aliphatic heterocycles. The van der Waals surface area contributed by atoms with Gasteiger partial charge in [0.05, 0.1) is 0 Å². The summed E-state index contributed by atoms with van der Waals surface area (Å²) in [6, 6.07) is 1.70. The monoisotopic (exact) mass is 223 g/mol. The van der Waals surface area contributed by atoms with Gasteiger partial charge in [0.2, 0.25) is 0 Å². The number of carbonyl (C=O) groups excluding carboxylic acids is 1. The number of rotatable bonds is 5. The lowest BCUT2D eigenvalue weighted by molar-refractivity contribution is 0.0935. The van der Waals surface area contributed by atoms with Crippen molar-refractivity contribution in [1.82, 2.24) is 15.1 Å². The molecular formula is C11H17N3O2. The maximum atomic E-state index is 11.7. The first-order valence-corrected chi connectivity index (χ1v) is 5.54. The zero-order valence-corrected chi connectivity index (χ0v) is 9.44. The van der Waals surface area contributed by atoms with Gasteiger partial charge < -0.3 is 10.4 Å². The summed E-state index contributed by atoms with van der Waals surface area (Å²) in [5, 5.41) is 15.8. The second-order valence-electron chi connectivity index (χ2n) is 4.53. The molecular weight excluding hydrogens is 206 g/mol. The van der Waals surface area contributed by atoms with Gasteiger partial charge in [-0.05, 0) is 30.7 Å². The van der Waals surface area contributed by atoms with E-state index in [1.54, 1.807) is 24.0 Å². The Morgan fingerprint density at radius 1 is 1.69 bits per heavy atom. The second-order valence-corrected chi connectivity index (χ2v) is 4.53. The van der Waals surface area contributed by atoms with Crippen LogP contribution in [0.3, 0.4) is 0 Å². The molecule has 1 aromatic heterocycles. The van der Waals surface area contributed by atoms with E-state index in [-0.39, 0.29) is 17.9 Å². The number of nitrogens with one attached hydrogen (secondary N) is 1. The highest BCUT2D eigenvalue weighted by molar-refractivity contribution is 5.92. The van der Waals surface area contributed by atoms with Gasteiger partial charge in [-0.25, -0.2) is 0 Å². The fraction of sp³-hybridized carbons (Fsp3) is 0.636. The summed E-state index contributed by atoms with van der Waals surface area (Å²) in [4.78, 5) is 11.7. The fourth-order valence-electron chi connectivity index (χ4n) is 1.82. The molecule has 1 amide bonds. The van der Waals surface area contributed by atoms with Crippen LogP contribution in [0.15, 0.2) is 12.3 Å². The van der Waals surface area contributed by atoms with Crippen LogP contribution in [0.25, 0.3) is 0 Å². The third kappa shape index (κ3) is 2.41. The number of aliphatic hydroxyl groups excluding tert-OH is 1. The van der Waals surface area contributed by atoms with Crippen molar-refractivity contribution in [3.63, 3.8) is 0 Å². The van der Waals surface area contributed by atoms with Crippen LogP contribution in [0.5, 0.6) is 0 Å². The molecule has 1 saturated carbocycles. The number of nitrogens with zero attached hydrogens (tertiary/aromatic N) is 2. The summed E-state index contributed by atoms with van der Waals surface area (Å²) in [5.74, 6) is -0.134. The maximum Gasteiger partial charge on any atom is 0.271 e. The molecule has 88 valence electrons. The minimum Gasteiger partial charge on any atom is -0.396 e. The Morgan fingerprint density at radius 3 is 2.94 bits per heavy atom. The van der Waals surface area contributed by atoms with Crippen molar-refractivity contribution in [1.29, 1.82) is 0 Å². The van der Waals surface area contributed by atoms with Crippen molar-refractivity contribution in [2.24, 2.45) is 12.5 Å². The Balaban J connectivity index is 1.84. The van der Waals surface area contributed by atoms with Gasteiger partial charge in [-0.15, -0.1) is 0 Å². The van der Waals surface area contributed by atoms with Gasteiger partial charge in [0, 0.05) is 26.4 Å². The number of aromatic nitrogens is 2. The van der Waals surface area contributed by atoms with Crippen LogP contribution < -0.4 is 5.32 Å². The number of hydrogen-bond acceptors (Lipinski definition) is 3. The SMILES string of the molecule is Cn1ccc(C(=O)NCC2(CCO)CC2)n1. The van der Waals surface area contributed by atoms with E-state index in [0.29, 0.717) is 12.2 Å². The van der Waals surface area contributed by atoms with E-state index in [4.69, 9.17) is 5.11 Å². The molecule has 1 aromatic rings. The lowest BCUT2D eigenvalue weighted by Crippen LogP contribution is -2.31. The third-order valence-corrected chi connectivity index (χ3v) is 3.17. The average Bonchev–Trinajstić information content (AvgIpc) is 2.89. The highest BCUT2D eigenvalue weighted by atomic mass is 16.3. The Bertz CT molecular complexity index is 382. The molecule has 1 aliphatic rings. The summed E-state index contributed by atoms with van der Waals surface area (Å²) < 4.78 is 1.61. The van der Waals surface area contributed by atoms with E-state index in [0.717, 1.165) is 19.3 Å². The average molecular weight is 223 g/mol. The topological polar surface area (TPSA) is 67.2 Å². The Morgan fingerprint density at radius 2 is 2.44 bits per heavy atom. The van der Waals surface area contributed by atoms with E-state index in [2.05, 4.69) is 10.4 Å². The second kappa shape index (κ2) is 4.25. The number of aryl methyl sites for hydroxylation is 1. The van der Waals surface area contributed by atoms with Crippen molar-refractivity contribution in [3.05, 3.63) is 18.0 Å². The molecule has 2 N–H and O–H groups in total. The summed E-state index contributed by atoms with van der Waals surface area (Å²) in [6.07, 6.45) is 4.71. The molecule has 0 bridgehead atoms. The van der Waals surface area contributed by atoms with Crippen molar-refractivity contribution in [3.8, 4) is 0 Å². The molecule has 1 fully saturated rings. The van der Waals surface area contributed by atoms with Gasteiger partial charge in [-0.3, -0.25) is 9.48 Å². The molecule has 16 heavy (non-hydrogen) atoms. The van der Waals surface area contributed by atoms with Crippen LogP contribution >= 0.6 is 0 Å². The number of carbonyl (C=O) groups is 1. The van der Waals surface area contributed by atoms with Gasteiger partial charge in [0.25, 0.3) is 5.91 Å². The van der Waals surface area contributed by atoms with Crippen molar-refractivity contribution < 1.29 is 9.90 Å². The summed E-state index contributed by atoms with van der Waals surface area (Å²) in [6.45, 7) is 0.836. The Hall–Kier alpha value is -1.36. The van der Waals surface area contributed by atoms with E-state index in [1.165, 1.54) is 0 Å². The van der Waals surface area contributed by atoms with Crippen molar-refractivity contribution >= 4 is 5.91 Å². The lowest BCUT2D eigenvalue weighted by atomic mass is 10.0. The molecule has 5 nitrogen and oxygen atoms in total. The zero-order valence-electron chi connectivity index (χ0n) is 9.44. The largest absolute Gasteiger partial charge is 0.396 e. The van der Waals surface area contributed by atoms with E-state index in [9.17, 15) is 4.79 Å². The molecule has 2 rings (SSSR count). The standard InChI is InChI=1S/C11H17N3O2/c1-14-6-2-9(13-14)10(16)12-8-11(3-4-11)5-7-15/h2,6,15H,3-5,7-8H2,1H3,(H,12,16). The molecule has 0 unspecified atom stereocenters. The fourth-order valence-corrected chi connectivity index (χ4v) is 1.82. The molecule has 0 saturated heterocycles. The summed E-state index contributed by atoms with van der Waals surface area (Å²) >= 11 is 0. The van der Waals surface area contributed by atoms with Gasteiger partial charge in [-0.2, -0.15) is 5.10 Å². The van der Waals surface area contributed by atoms with Crippen LogP contribution in [0, 0.1) is 5.41 Å². The first kappa shape index (κ1) is 11.1. The van der Waals surface area contributed by atoms with Gasteiger partial charge in [-0.1, -0.05) is 0 Å². The molecule has 1 heterocycles. The van der Waals surface area contributed by atoms with Gasteiger partial charge >= 0.3 is 0 Å². The number of aliphatic hydroxyl groups is 1. The first-order chi connectivity index (χ1) is 7.65. The predicted molar refractivity (Wildman–Crippen MR) is 58.9 cm³/mol. The van der Waals surface area contributed by atoms with Crippen LogP contribution in [0.1, 0.15) is 29.8 Å². The number of amides is 1.